The molecule has 0 aliphatic heterocycles. The van der Waals surface area contributed by atoms with E-state index in [0.717, 1.165) is 36.7 Å². The summed E-state index contributed by atoms with van der Waals surface area (Å²) in [6.45, 7) is 8.89. The Balaban J connectivity index is 2.36. The first-order chi connectivity index (χ1) is 10.2. The molecule has 0 radical (unpaired) electrons. The minimum Gasteiger partial charge on any atom is -0.493 e. The summed E-state index contributed by atoms with van der Waals surface area (Å²) in [4.78, 5) is 0. The van der Waals surface area contributed by atoms with E-state index in [-0.39, 0.29) is 6.10 Å². The summed E-state index contributed by atoms with van der Waals surface area (Å²) in [5, 5.41) is 15.6. The van der Waals surface area contributed by atoms with E-state index in [9.17, 15) is 0 Å². The van der Waals surface area contributed by atoms with Gasteiger partial charge in [-0.25, -0.2) is 0 Å². The zero-order valence-corrected chi connectivity index (χ0v) is 12.9. The molecule has 1 rings (SSSR count). The van der Waals surface area contributed by atoms with Crippen LogP contribution in [0.3, 0.4) is 0 Å². The minimum absolute atomic E-state index is 0.308. The molecule has 0 aliphatic carbocycles. The van der Waals surface area contributed by atoms with Crippen molar-refractivity contribution in [3.63, 3.8) is 0 Å². The third-order valence-corrected chi connectivity index (χ3v) is 2.83. The van der Waals surface area contributed by atoms with Gasteiger partial charge in [-0.1, -0.05) is 18.7 Å². The Hall–Kier alpha value is -1.56. The molecule has 0 saturated heterocycles. The molecule has 0 bridgehead atoms. The van der Waals surface area contributed by atoms with Gasteiger partial charge in [0.25, 0.3) is 0 Å². The minimum atomic E-state index is -0.308. The molecule has 1 atom stereocenters. The van der Waals surface area contributed by atoms with Crippen molar-refractivity contribution in [3.8, 4) is 11.5 Å². The average molecular weight is 294 g/mol. The number of methoxy groups -OCH3 is 1. The molecule has 118 valence electrons. The molecule has 0 saturated carbocycles. The Bertz CT molecular complexity index is 422. The lowest BCUT2D eigenvalue weighted by Crippen LogP contribution is -2.31. The second-order valence-corrected chi connectivity index (χ2v) is 4.81. The zero-order chi connectivity index (χ0) is 15.5. The first-order valence-electron chi connectivity index (χ1n) is 7.17. The van der Waals surface area contributed by atoms with E-state index in [1.165, 1.54) is 0 Å². The first-order valence-corrected chi connectivity index (χ1v) is 7.17. The van der Waals surface area contributed by atoms with Gasteiger partial charge in [0.05, 0.1) is 13.2 Å². The molecule has 0 amide bonds. The van der Waals surface area contributed by atoms with Crippen molar-refractivity contribution in [2.75, 3.05) is 33.4 Å². The molecule has 0 aromatic heterocycles. The molecule has 0 spiro atoms. The number of nitrogens with one attached hydrogen (secondary N) is 2. The second kappa shape index (κ2) is 10.2. The number of ether oxygens (including phenoxy) is 2. The fourth-order valence-corrected chi connectivity index (χ4v) is 1.81. The highest BCUT2D eigenvalue weighted by molar-refractivity contribution is 5.43. The maximum Gasteiger partial charge on any atom is 0.161 e. The van der Waals surface area contributed by atoms with Crippen molar-refractivity contribution in [1.29, 1.82) is 0 Å². The number of hydrogen-bond donors (Lipinski definition) is 3. The molecule has 3 N–H and O–H groups in total. The summed E-state index contributed by atoms with van der Waals surface area (Å²) in [6.07, 6.45) is 1.40. The van der Waals surface area contributed by atoms with Gasteiger partial charge in [0.15, 0.2) is 11.5 Å². The highest BCUT2D eigenvalue weighted by Crippen LogP contribution is 2.27. The Morgan fingerprint density at radius 3 is 2.71 bits per heavy atom. The van der Waals surface area contributed by atoms with Gasteiger partial charge in [0.1, 0.15) is 6.61 Å². The SMILES string of the molecule is C=CCOc1ccc(CNCCNCC(C)O)cc1OC. The Labute approximate surface area is 127 Å². The lowest BCUT2D eigenvalue weighted by molar-refractivity contribution is 0.191. The van der Waals surface area contributed by atoms with E-state index in [4.69, 9.17) is 14.6 Å². The molecule has 1 aromatic rings. The molecular weight excluding hydrogens is 268 g/mol. The predicted octanol–water partition coefficient (Wildman–Crippen LogP) is 1.32. The van der Waals surface area contributed by atoms with Crippen molar-refractivity contribution in [2.24, 2.45) is 0 Å². The van der Waals surface area contributed by atoms with E-state index >= 15 is 0 Å². The number of rotatable bonds is 11. The van der Waals surface area contributed by atoms with Gasteiger partial charge >= 0.3 is 0 Å². The van der Waals surface area contributed by atoms with E-state index in [1.807, 2.05) is 18.2 Å². The summed E-state index contributed by atoms with van der Waals surface area (Å²) in [5.41, 5.74) is 1.13. The number of aliphatic hydroxyl groups is 1. The van der Waals surface area contributed by atoms with Crippen molar-refractivity contribution in [3.05, 3.63) is 36.4 Å². The molecule has 0 heterocycles. The number of hydrogen-bond acceptors (Lipinski definition) is 5. The fraction of sp³-hybridized carbons (Fsp3) is 0.500. The zero-order valence-electron chi connectivity index (χ0n) is 12.9. The maximum atomic E-state index is 9.12. The van der Waals surface area contributed by atoms with Crippen LogP contribution in [-0.4, -0.2) is 44.6 Å². The standard InChI is InChI=1S/C16H26N2O3/c1-4-9-21-15-6-5-14(10-16(15)20-3)12-18-8-7-17-11-13(2)19/h4-6,10,13,17-19H,1,7-9,11-12H2,2-3H3. The van der Waals surface area contributed by atoms with Gasteiger partial charge in [0, 0.05) is 26.2 Å². The molecule has 21 heavy (non-hydrogen) atoms. The second-order valence-electron chi connectivity index (χ2n) is 4.81. The van der Waals surface area contributed by atoms with Crippen LogP contribution in [0.5, 0.6) is 11.5 Å². The largest absolute Gasteiger partial charge is 0.493 e. The number of aliphatic hydroxyl groups excluding tert-OH is 1. The van der Waals surface area contributed by atoms with Crippen LogP contribution in [0.15, 0.2) is 30.9 Å². The summed E-state index contributed by atoms with van der Waals surface area (Å²) < 4.78 is 10.8. The summed E-state index contributed by atoms with van der Waals surface area (Å²) in [5.74, 6) is 1.45. The van der Waals surface area contributed by atoms with Crippen LogP contribution < -0.4 is 20.1 Å². The molecule has 0 fully saturated rings. The van der Waals surface area contributed by atoms with Crippen LogP contribution in [0.4, 0.5) is 0 Å². The van der Waals surface area contributed by atoms with E-state index in [0.29, 0.717) is 13.2 Å². The smallest absolute Gasteiger partial charge is 0.161 e. The fourth-order valence-electron chi connectivity index (χ4n) is 1.81. The van der Waals surface area contributed by atoms with Gasteiger partial charge < -0.3 is 25.2 Å². The third-order valence-electron chi connectivity index (χ3n) is 2.83. The van der Waals surface area contributed by atoms with Crippen LogP contribution in [0, 0.1) is 0 Å². The van der Waals surface area contributed by atoms with Gasteiger partial charge in [-0.15, -0.1) is 0 Å². The molecule has 5 heteroatoms. The Kier molecular flexibility index (Phi) is 8.50. The summed E-state index contributed by atoms with van der Waals surface area (Å²) in [6, 6.07) is 5.89. The van der Waals surface area contributed by atoms with Crippen LogP contribution in [0.25, 0.3) is 0 Å². The lowest BCUT2D eigenvalue weighted by atomic mass is 10.2. The molecule has 1 unspecified atom stereocenters. The normalized spacial score (nSPS) is 12.0. The van der Waals surface area contributed by atoms with Crippen LogP contribution in [0.2, 0.25) is 0 Å². The van der Waals surface area contributed by atoms with E-state index in [1.54, 1.807) is 20.1 Å². The third kappa shape index (κ3) is 7.13. The topological polar surface area (TPSA) is 62.8 Å². The predicted molar refractivity (Wildman–Crippen MR) is 84.9 cm³/mol. The molecule has 5 nitrogen and oxygen atoms in total. The van der Waals surface area contributed by atoms with E-state index in [2.05, 4.69) is 17.2 Å². The molecular formula is C16H26N2O3. The average Bonchev–Trinajstić information content (AvgIpc) is 2.48. The number of benzene rings is 1. The van der Waals surface area contributed by atoms with Gasteiger partial charge in [-0.3, -0.25) is 0 Å². The Morgan fingerprint density at radius 1 is 1.29 bits per heavy atom. The van der Waals surface area contributed by atoms with Gasteiger partial charge in [-0.2, -0.15) is 0 Å². The first kappa shape index (κ1) is 17.5. The molecule has 0 aliphatic rings. The maximum absolute atomic E-state index is 9.12. The molecule has 1 aromatic carbocycles. The van der Waals surface area contributed by atoms with E-state index < -0.39 is 0 Å². The van der Waals surface area contributed by atoms with Crippen LogP contribution in [0.1, 0.15) is 12.5 Å². The summed E-state index contributed by atoms with van der Waals surface area (Å²) >= 11 is 0. The monoisotopic (exact) mass is 294 g/mol. The Morgan fingerprint density at radius 2 is 2.05 bits per heavy atom. The van der Waals surface area contributed by atoms with Crippen molar-refractivity contribution in [1.82, 2.24) is 10.6 Å². The van der Waals surface area contributed by atoms with Crippen LogP contribution >= 0.6 is 0 Å². The van der Waals surface area contributed by atoms with Gasteiger partial charge in [0.2, 0.25) is 0 Å². The lowest BCUT2D eigenvalue weighted by Gasteiger charge is -2.12. The highest BCUT2D eigenvalue weighted by atomic mass is 16.5. The van der Waals surface area contributed by atoms with Gasteiger partial charge in [-0.05, 0) is 24.6 Å². The highest BCUT2D eigenvalue weighted by Gasteiger charge is 2.05. The van der Waals surface area contributed by atoms with Crippen molar-refractivity contribution < 1.29 is 14.6 Å². The van der Waals surface area contributed by atoms with Crippen molar-refractivity contribution in [2.45, 2.75) is 19.6 Å². The summed E-state index contributed by atoms with van der Waals surface area (Å²) in [7, 11) is 1.63. The quantitative estimate of drug-likeness (QED) is 0.424. The van der Waals surface area contributed by atoms with Crippen molar-refractivity contribution >= 4 is 0 Å². The van der Waals surface area contributed by atoms with Crippen LogP contribution in [-0.2, 0) is 6.54 Å².